The van der Waals surface area contributed by atoms with Crippen LogP contribution in [0.15, 0.2) is 18.2 Å². The molecule has 1 aromatic rings. The van der Waals surface area contributed by atoms with E-state index in [0.717, 1.165) is 13.1 Å². The highest BCUT2D eigenvalue weighted by atomic mass is 16.2. The molecule has 3 nitrogen and oxygen atoms in total. The van der Waals surface area contributed by atoms with E-state index in [1.807, 2.05) is 0 Å². The summed E-state index contributed by atoms with van der Waals surface area (Å²) in [7, 11) is 2.14. The number of carbonyl (C=O) groups excluding carboxylic acids is 1. The number of benzene rings is 1. The summed E-state index contributed by atoms with van der Waals surface area (Å²) in [6.45, 7) is 6.27. The SMILES string of the molecule is C[C@H]1CN(C)C[C@H](C)N1C(=O)Cc1ccc2c(c1)CCCC2. The van der Waals surface area contributed by atoms with Gasteiger partial charge in [0.1, 0.15) is 0 Å². The monoisotopic (exact) mass is 300 g/mol. The molecule has 0 N–H and O–H groups in total. The number of rotatable bonds is 2. The number of nitrogens with zero attached hydrogens (tertiary/aromatic N) is 2. The molecule has 0 spiro atoms. The summed E-state index contributed by atoms with van der Waals surface area (Å²) in [5.41, 5.74) is 4.14. The van der Waals surface area contributed by atoms with Gasteiger partial charge in [0.2, 0.25) is 5.91 Å². The van der Waals surface area contributed by atoms with Crippen LogP contribution in [-0.4, -0.2) is 47.9 Å². The van der Waals surface area contributed by atoms with Crippen molar-refractivity contribution in [2.75, 3.05) is 20.1 Å². The Morgan fingerprint density at radius 1 is 1.09 bits per heavy atom. The van der Waals surface area contributed by atoms with Crippen molar-refractivity contribution >= 4 is 5.91 Å². The van der Waals surface area contributed by atoms with E-state index in [1.165, 1.54) is 42.4 Å². The van der Waals surface area contributed by atoms with Gasteiger partial charge in [-0.2, -0.15) is 0 Å². The molecular formula is C19H28N2O. The van der Waals surface area contributed by atoms with Crippen molar-refractivity contribution in [3.63, 3.8) is 0 Å². The molecule has 2 aliphatic rings. The Morgan fingerprint density at radius 3 is 2.41 bits per heavy atom. The predicted octanol–water partition coefficient (Wildman–Crippen LogP) is 2.66. The van der Waals surface area contributed by atoms with E-state index in [2.05, 4.69) is 48.9 Å². The molecule has 3 heteroatoms. The molecule has 1 aliphatic carbocycles. The van der Waals surface area contributed by atoms with Gasteiger partial charge >= 0.3 is 0 Å². The number of likely N-dealkylation sites (N-methyl/N-ethyl adjacent to an activating group) is 1. The van der Waals surface area contributed by atoms with Crippen molar-refractivity contribution < 1.29 is 4.79 Å². The maximum Gasteiger partial charge on any atom is 0.227 e. The molecule has 1 aromatic carbocycles. The van der Waals surface area contributed by atoms with E-state index in [1.54, 1.807) is 0 Å². The van der Waals surface area contributed by atoms with Crippen molar-refractivity contribution in [2.45, 2.75) is 58.0 Å². The Balaban J connectivity index is 1.71. The number of aryl methyl sites for hydroxylation is 2. The smallest absolute Gasteiger partial charge is 0.227 e. The van der Waals surface area contributed by atoms with E-state index in [0.29, 0.717) is 18.5 Å². The maximum absolute atomic E-state index is 12.8. The Morgan fingerprint density at radius 2 is 1.73 bits per heavy atom. The number of carbonyl (C=O) groups is 1. The highest BCUT2D eigenvalue weighted by molar-refractivity contribution is 5.79. The molecule has 2 atom stereocenters. The standard InChI is InChI=1S/C19H28N2O/c1-14-12-20(3)13-15(2)21(14)19(22)11-16-8-9-17-6-4-5-7-18(17)10-16/h8-10,14-15H,4-7,11-13H2,1-3H3/t14-,15-/m0/s1. The van der Waals surface area contributed by atoms with Gasteiger partial charge in [-0.3, -0.25) is 4.79 Å². The number of fused-ring (bicyclic) bond motifs is 1. The van der Waals surface area contributed by atoms with Crippen molar-refractivity contribution in [3.8, 4) is 0 Å². The minimum Gasteiger partial charge on any atom is -0.334 e. The van der Waals surface area contributed by atoms with Crippen LogP contribution in [0.2, 0.25) is 0 Å². The molecule has 1 heterocycles. The number of piperazine rings is 1. The lowest BCUT2D eigenvalue weighted by Gasteiger charge is -2.43. The Bertz CT molecular complexity index is 542. The molecule has 0 aromatic heterocycles. The normalized spacial score (nSPS) is 25.9. The second-order valence-electron chi connectivity index (χ2n) is 7.21. The molecule has 0 saturated carbocycles. The third-order valence-corrected chi connectivity index (χ3v) is 5.16. The number of hydrogen-bond donors (Lipinski definition) is 0. The Hall–Kier alpha value is -1.35. The zero-order valence-electron chi connectivity index (χ0n) is 14.1. The van der Waals surface area contributed by atoms with Crippen molar-refractivity contribution in [2.24, 2.45) is 0 Å². The first-order valence-electron chi connectivity index (χ1n) is 8.65. The Labute approximate surface area is 134 Å². The molecule has 0 radical (unpaired) electrons. The summed E-state index contributed by atoms with van der Waals surface area (Å²) in [4.78, 5) is 17.2. The molecule has 0 bridgehead atoms. The van der Waals surface area contributed by atoms with Crippen molar-refractivity contribution in [3.05, 3.63) is 34.9 Å². The van der Waals surface area contributed by atoms with Crippen LogP contribution in [0.5, 0.6) is 0 Å². The minimum atomic E-state index is 0.281. The van der Waals surface area contributed by atoms with E-state index < -0.39 is 0 Å². The van der Waals surface area contributed by atoms with E-state index in [-0.39, 0.29) is 5.91 Å². The first-order chi connectivity index (χ1) is 10.5. The van der Waals surface area contributed by atoms with Crippen LogP contribution in [0.4, 0.5) is 0 Å². The van der Waals surface area contributed by atoms with Crippen molar-refractivity contribution in [1.29, 1.82) is 0 Å². The molecule has 1 aliphatic heterocycles. The first kappa shape index (κ1) is 15.5. The van der Waals surface area contributed by atoms with Crippen LogP contribution in [-0.2, 0) is 24.1 Å². The summed E-state index contributed by atoms with van der Waals surface area (Å²) in [6.07, 6.45) is 5.53. The maximum atomic E-state index is 12.8. The third kappa shape index (κ3) is 3.19. The highest BCUT2D eigenvalue weighted by Crippen LogP contribution is 2.23. The van der Waals surface area contributed by atoms with E-state index in [9.17, 15) is 4.79 Å². The van der Waals surface area contributed by atoms with Crippen LogP contribution in [0.3, 0.4) is 0 Å². The largest absolute Gasteiger partial charge is 0.334 e. The second-order valence-corrected chi connectivity index (χ2v) is 7.21. The van der Waals surface area contributed by atoms with Gasteiger partial charge in [-0.1, -0.05) is 18.2 Å². The molecule has 1 fully saturated rings. The lowest BCUT2D eigenvalue weighted by molar-refractivity contribution is -0.137. The van der Waals surface area contributed by atoms with Gasteiger partial charge < -0.3 is 9.80 Å². The van der Waals surface area contributed by atoms with Gasteiger partial charge in [0.15, 0.2) is 0 Å². The molecule has 120 valence electrons. The van der Waals surface area contributed by atoms with Gasteiger partial charge in [0, 0.05) is 25.2 Å². The van der Waals surface area contributed by atoms with Gasteiger partial charge in [-0.05, 0) is 63.3 Å². The molecule has 1 amide bonds. The molecule has 0 unspecified atom stereocenters. The van der Waals surface area contributed by atoms with Crippen LogP contribution in [0.25, 0.3) is 0 Å². The molecule has 1 saturated heterocycles. The van der Waals surface area contributed by atoms with Gasteiger partial charge in [-0.25, -0.2) is 0 Å². The fourth-order valence-corrected chi connectivity index (χ4v) is 4.24. The lowest BCUT2D eigenvalue weighted by Crippen LogP contribution is -2.57. The predicted molar refractivity (Wildman–Crippen MR) is 90.1 cm³/mol. The second kappa shape index (κ2) is 6.41. The fraction of sp³-hybridized carbons (Fsp3) is 0.632. The van der Waals surface area contributed by atoms with E-state index >= 15 is 0 Å². The summed E-state index contributed by atoms with van der Waals surface area (Å²) in [5.74, 6) is 0.281. The quantitative estimate of drug-likeness (QED) is 0.838. The van der Waals surface area contributed by atoms with Crippen LogP contribution >= 0.6 is 0 Å². The molecule has 22 heavy (non-hydrogen) atoms. The summed E-state index contributed by atoms with van der Waals surface area (Å²) < 4.78 is 0. The number of hydrogen-bond acceptors (Lipinski definition) is 2. The van der Waals surface area contributed by atoms with Gasteiger partial charge in [-0.15, -0.1) is 0 Å². The van der Waals surface area contributed by atoms with Crippen molar-refractivity contribution in [1.82, 2.24) is 9.80 Å². The zero-order valence-corrected chi connectivity index (χ0v) is 14.1. The fourth-order valence-electron chi connectivity index (χ4n) is 4.24. The van der Waals surface area contributed by atoms with Gasteiger partial charge in [0.05, 0.1) is 6.42 Å². The minimum absolute atomic E-state index is 0.281. The lowest BCUT2D eigenvalue weighted by atomic mass is 9.90. The van der Waals surface area contributed by atoms with Crippen LogP contribution in [0, 0.1) is 0 Å². The Kier molecular flexibility index (Phi) is 4.53. The third-order valence-electron chi connectivity index (χ3n) is 5.16. The first-order valence-corrected chi connectivity index (χ1v) is 8.65. The summed E-state index contributed by atoms with van der Waals surface area (Å²) >= 11 is 0. The topological polar surface area (TPSA) is 23.6 Å². The number of amides is 1. The molecular weight excluding hydrogens is 272 g/mol. The summed E-state index contributed by atoms with van der Waals surface area (Å²) in [6, 6.07) is 7.29. The van der Waals surface area contributed by atoms with Crippen LogP contribution < -0.4 is 0 Å². The highest BCUT2D eigenvalue weighted by Gasteiger charge is 2.31. The average molecular weight is 300 g/mol. The summed E-state index contributed by atoms with van der Waals surface area (Å²) in [5, 5.41) is 0. The van der Waals surface area contributed by atoms with Crippen LogP contribution in [0.1, 0.15) is 43.4 Å². The zero-order chi connectivity index (χ0) is 15.7. The average Bonchev–Trinajstić information content (AvgIpc) is 2.46. The molecule has 3 rings (SSSR count). The van der Waals surface area contributed by atoms with E-state index in [4.69, 9.17) is 0 Å². The van der Waals surface area contributed by atoms with Gasteiger partial charge in [0.25, 0.3) is 0 Å².